The van der Waals surface area contributed by atoms with Gasteiger partial charge in [0.2, 0.25) is 5.91 Å². The fourth-order valence-electron chi connectivity index (χ4n) is 2.09. The number of nitrogens with one attached hydrogen (secondary N) is 1. The topological polar surface area (TPSA) is 67.6 Å². The van der Waals surface area contributed by atoms with E-state index in [0.29, 0.717) is 0 Å². The number of anilines is 2. The SMILES string of the molecule is COCCCN(C)c1ccc2c(c1)NC(=O)C2N. The Bertz CT molecular complexity index is 448. The second-order valence-electron chi connectivity index (χ2n) is 4.51. The monoisotopic (exact) mass is 249 g/mol. The van der Waals surface area contributed by atoms with Crippen LogP contribution in [0.3, 0.4) is 0 Å². The molecule has 5 nitrogen and oxygen atoms in total. The van der Waals surface area contributed by atoms with E-state index in [1.807, 2.05) is 25.2 Å². The Hall–Kier alpha value is -1.59. The molecule has 0 fully saturated rings. The van der Waals surface area contributed by atoms with Gasteiger partial charge in [0.25, 0.3) is 0 Å². The largest absolute Gasteiger partial charge is 0.385 e. The maximum atomic E-state index is 11.5. The van der Waals surface area contributed by atoms with Gasteiger partial charge in [-0.25, -0.2) is 0 Å². The summed E-state index contributed by atoms with van der Waals surface area (Å²) in [4.78, 5) is 13.6. The van der Waals surface area contributed by atoms with E-state index in [9.17, 15) is 4.79 Å². The van der Waals surface area contributed by atoms with Crippen molar-refractivity contribution in [1.82, 2.24) is 0 Å². The summed E-state index contributed by atoms with van der Waals surface area (Å²) in [5, 5.41) is 2.79. The lowest BCUT2D eigenvalue weighted by Crippen LogP contribution is -2.19. The molecule has 1 aromatic carbocycles. The third-order valence-electron chi connectivity index (χ3n) is 3.20. The number of carbonyl (C=O) groups is 1. The molecule has 2 rings (SSSR count). The number of amides is 1. The van der Waals surface area contributed by atoms with Crippen molar-refractivity contribution in [3.63, 3.8) is 0 Å². The van der Waals surface area contributed by atoms with Crippen molar-refractivity contribution in [2.75, 3.05) is 37.5 Å². The summed E-state index contributed by atoms with van der Waals surface area (Å²) in [5.74, 6) is -0.135. The first kappa shape index (κ1) is 12.9. The number of hydrogen-bond acceptors (Lipinski definition) is 4. The van der Waals surface area contributed by atoms with Crippen molar-refractivity contribution in [2.24, 2.45) is 5.73 Å². The molecule has 0 saturated heterocycles. The normalized spacial score (nSPS) is 17.5. The molecule has 1 atom stereocenters. The van der Waals surface area contributed by atoms with E-state index in [4.69, 9.17) is 10.5 Å². The minimum Gasteiger partial charge on any atom is -0.385 e. The Balaban J connectivity index is 2.08. The number of benzene rings is 1. The maximum Gasteiger partial charge on any atom is 0.245 e. The number of ether oxygens (including phenoxy) is 1. The number of carbonyl (C=O) groups excluding carboxylic acids is 1. The lowest BCUT2D eigenvalue weighted by atomic mass is 10.1. The summed E-state index contributed by atoms with van der Waals surface area (Å²) in [6.07, 6.45) is 0.968. The molecule has 1 aliphatic heterocycles. The Morgan fingerprint density at radius 2 is 2.28 bits per heavy atom. The molecule has 1 heterocycles. The van der Waals surface area contributed by atoms with Gasteiger partial charge >= 0.3 is 0 Å². The lowest BCUT2D eigenvalue weighted by Gasteiger charge is -2.20. The number of rotatable bonds is 5. The molecule has 0 spiro atoms. The van der Waals surface area contributed by atoms with E-state index >= 15 is 0 Å². The van der Waals surface area contributed by atoms with Crippen LogP contribution < -0.4 is 16.0 Å². The average molecular weight is 249 g/mol. The molecule has 0 aromatic heterocycles. The van der Waals surface area contributed by atoms with Gasteiger partial charge in [0.1, 0.15) is 6.04 Å². The van der Waals surface area contributed by atoms with Gasteiger partial charge in [-0.3, -0.25) is 4.79 Å². The zero-order valence-corrected chi connectivity index (χ0v) is 10.8. The van der Waals surface area contributed by atoms with Crippen molar-refractivity contribution in [3.05, 3.63) is 23.8 Å². The first-order valence-corrected chi connectivity index (χ1v) is 6.04. The smallest absolute Gasteiger partial charge is 0.245 e. The van der Waals surface area contributed by atoms with Crippen molar-refractivity contribution < 1.29 is 9.53 Å². The Kier molecular flexibility index (Phi) is 3.84. The fourth-order valence-corrected chi connectivity index (χ4v) is 2.09. The number of methoxy groups -OCH3 is 1. The van der Waals surface area contributed by atoms with E-state index in [2.05, 4.69) is 10.2 Å². The molecule has 0 radical (unpaired) electrons. The Morgan fingerprint density at radius 3 is 3.00 bits per heavy atom. The summed E-state index contributed by atoms with van der Waals surface area (Å²) in [6.45, 7) is 1.66. The van der Waals surface area contributed by atoms with Crippen molar-refractivity contribution in [2.45, 2.75) is 12.5 Å². The second-order valence-corrected chi connectivity index (χ2v) is 4.51. The third kappa shape index (κ3) is 2.47. The number of hydrogen-bond donors (Lipinski definition) is 2. The van der Waals surface area contributed by atoms with Crippen molar-refractivity contribution in [1.29, 1.82) is 0 Å². The van der Waals surface area contributed by atoms with Crippen molar-refractivity contribution >= 4 is 17.3 Å². The van der Waals surface area contributed by atoms with Gasteiger partial charge < -0.3 is 20.7 Å². The molecule has 0 aliphatic carbocycles. The molecule has 1 aliphatic rings. The second kappa shape index (κ2) is 5.37. The molecule has 1 amide bonds. The molecule has 1 aromatic rings. The van der Waals surface area contributed by atoms with Gasteiger partial charge in [0.05, 0.1) is 0 Å². The molecule has 1 unspecified atom stereocenters. The number of nitrogens with two attached hydrogens (primary N) is 1. The predicted octanol–water partition coefficient (Wildman–Crippen LogP) is 1.11. The first-order valence-electron chi connectivity index (χ1n) is 6.04. The molecule has 3 N–H and O–H groups in total. The summed E-state index contributed by atoms with van der Waals surface area (Å²) in [7, 11) is 3.72. The predicted molar refractivity (Wildman–Crippen MR) is 71.8 cm³/mol. The summed E-state index contributed by atoms with van der Waals surface area (Å²) < 4.78 is 5.03. The first-order chi connectivity index (χ1) is 8.63. The molecule has 0 bridgehead atoms. The van der Waals surface area contributed by atoms with Crippen LogP contribution in [0.4, 0.5) is 11.4 Å². The highest BCUT2D eigenvalue weighted by Crippen LogP contribution is 2.32. The highest BCUT2D eigenvalue weighted by molar-refractivity contribution is 6.02. The van der Waals surface area contributed by atoms with Gasteiger partial charge in [-0.2, -0.15) is 0 Å². The quantitative estimate of drug-likeness (QED) is 0.767. The van der Waals surface area contributed by atoms with E-state index in [0.717, 1.165) is 36.5 Å². The van der Waals surface area contributed by atoms with Crippen LogP contribution >= 0.6 is 0 Å². The average Bonchev–Trinajstić information content (AvgIpc) is 2.65. The molecule has 18 heavy (non-hydrogen) atoms. The van der Waals surface area contributed by atoms with Crippen LogP contribution in [0.2, 0.25) is 0 Å². The van der Waals surface area contributed by atoms with E-state index in [1.54, 1.807) is 7.11 Å². The minimum atomic E-state index is -0.534. The van der Waals surface area contributed by atoms with Gasteiger partial charge in [0, 0.05) is 44.2 Å². The zero-order chi connectivity index (χ0) is 13.1. The fraction of sp³-hybridized carbons (Fsp3) is 0.462. The molecule has 0 saturated carbocycles. The van der Waals surface area contributed by atoms with E-state index in [1.165, 1.54) is 0 Å². The molecule has 98 valence electrons. The van der Waals surface area contributed by atoms with E-state index in [-0.39, 0.29) is 5.91 Å². The highest BCUT2D eigenvalue weighted by Gasteiger charge is 2.27. The van der Waals surface area contributed by atoms with Crippen LogP contribution in [-0.2, 0) is 9.53 Å². The Labute approximate surface area is 107 Å². The molecular weight excluding hydrogens is 230 g/mol. The van der Waals surface area contributed by atoms with Gasteiger partial charge in [-0.1, -0.05) is 6.07 Å². The van der Waals surface area contributed by atoms with Crippen LogP contribution in [0.25, 0.3) is 0 Å². The number of nitrogens with zero attached hydrogens (tertiary/aromatic N) is 1. The maximum absolute atomic E-state index is 11.5. The molecule has 5 heteroatoms. The molecular formula is C13H19N3O2. The Morgan fingerprint density at radius 1 is 1.50 bits per heavy atom. The lowest BCUT2D eigenvalue weighted by molar-refractivity contribution is -0.116. The zero-order valence-electron chi connectivity index (χ0n) is 10.8. The summed E-state index contributed by atoms with van der Waals surface area (Å²) in [5.41, 5.74) is 8.53. The van der Waals surface area contributed by atoms with Gasteiger partial charge in [-0.15, -0.1) is 0 Å². The summed E-state index contributed by atoms with van der Waals surface area (Å²) in [6, 6.07) is 5.34. The minimum absolute atomic E-state index is 0.135. The van der Waals surface area contributed by atoms with Crippen LogP contribution in [0.5, 0.6) is 0 Å². The van der Waals surface area contributed by atoms with E-state index < -0.39 is 6.04 Å². The summed E-state index contributed by atoms with van der Waals surface area (Å²) >= 11 is 0. The highest BCUT2D eigenvalue weighted by atomic mass is 16.5. The third-order valence-corrected chi connectivity index (χ3v) is 3.20. The van der Waals surface area contributed by atoms with Crippen molar-refractivity contribution in [3.8, 4) is 0 Å². The van der Waals surface area contributed by atoms with Crippen LogP contribution in [0.1, 0.15) is 18.0 Å². The van der Waals surface area contributed by atoms with Gasteiger partial charge in [0.15, 0.2) is 0 Å². The standard InChI is InChI=1S/C13H19N3O2/c1-16(6-3-7-18-2)9-4-5-10-11(8-9)15-13(17)12(10)14/h4-5,8,12H,3,6-7,14H2,1-2H3,(H,15,17). The van der Waals surface area contributed by atoms with Gasteiger partial charge in [-0.05, 0) is 18.6 Å². The van der Waals surface area contributed by atoms with Crippen LogP contribution in [0, 0.1) is 0 Å². The van der Waals surface area contributed by atoms with Crippen LogP contribution in [0.15, 0.2) is 18.2 Å². The van der Waals surface area contributed by atoms with Crippen LogP contribution in [-0.4, -0.2) is 33.2 Å². The number of fused-ring (bicyclic) bond motifs is 1.